The minimum Gasteiger partial charge on any atom is -0.455 e. The SMILES string of the molecule is Cc1ccc(NCC(=O)N/N=C/c2ccc(-c3cc(Cl)c(Cl)cc3Cl)o2)cc1. The predicted molar refractivity (Wildman–Crippen MR) is 115 cm³/mol. The summed E-state index contributed by atoms with van der Waals surface area (Å²) >= 11 is 18.1. The van der Waals surface area contributed by atoms with Crippen LogP contribution in [0.3, 0.4) is 0 Å². The van der Waals surface area contributed by atoms with Gasteiger partial charge < -0.3 is 9.73 Å². The molecule has 0 atom stereocenters. The summed E-state index contributed by atoms with van der Waals surface area (Å²) in [6.45, 7) is 2.10. The first-order valence-corrected chi connectivity index (χ1v) is 9.43. The standard InChI is InChI=1S/C20H16Cl3N3O2/c1-12-2-4-13(5-3-12)24-11-20(27)26-25-10-14-6-7-19(28-14)15-8-17(22)18(23)9-16(15)21/h2-10,24H,11H2,1H3,(H,26,27)/b25-10+. The highest BCUT2D eigenvalue weighted by Gasteiger charge is 2.11. The fourth-order valence-corrected chi connectivity index (χ4v) is 2.98. The van der Waals surface area contributed by atoms with Crippen molar-refractivity contribution >= 4 is 52.6 Å². The number of hydrogen-bond donors (Lipinski definition) is 2. The van der Waals surface area contributed by atoms with Crippen molar-refractivity contribution in [1.29, 1.82) is 0 Å². The van der Waals surface area contributed by atoms with Gasteiger partial charge in [-0.3, -0.25) is 4.79 Å². The maximum absolute atomic E-state index is 11.9. The molecule has 5 nitrogen and oxygen atoms in total. The minimum atomic E-state index is -0.281. The average Bonchev–Trinajstić information content (AvgIpc) is 3.13. The number of hydrogen-bond acceptors (Lipinski definition) is 4. The van der Waals surface area contributed by atoms with Gasteiger partial charge in [0.15, 0.2) is 0 Å². The number of halogens is 3. The predicted octanol–water partition coefficient (Wildman–Crippen LogP) is 5.78. The van der Waals surface area contributed by atoms with Gasteiger partial charge in [0.25, 0.3) is 5.91 Å². The van der Waals surface area contributed by atoms with Crippen molar-refractivity contribution in [1.82, 2.24) is 5.43 Å². The smallest absolute Gasteiger partial charge is 0.259 e. The topological polar surface area (TPSA) is 66.6 Å². The van der Waals surface area contributed by atoms with E-state index in [9.17, 15) is 4.79 Å². The van der Waals surface area contributed by atoms with Gasteiger partial charge in [0, 0.05) is 11.3 Å². The Balaban J connectivity index is 1.56. The monoisotopic (exact) mass is 435 g/mol. The van der Waals surface area contributed by atoms with Gasteiger partial charge in [0.05, 0.1) is 27.8 Å². The number of carbonyl (C=O) groups excluding carboxylic acids is 1. The van der Waals surface area contributed by atoms with Gasteiger partial charge in [-0.2, -0.15) is 5.10 Å². The molecule has 0 saturated carbocycles. The lowest BCUT2D eigenvalue weighted by Gasteiger charge is -2.05. The van der Waals surface area contributed by atoms with Gasteiger partial charge in [-0.25, -0.2) is 5.43 Å². The van der Waals surface area contributed by atoms with Crippen molar-refractivity contribution in [3.05, 3.63) is 74.9 Å². The van der Waals surface area contributed by atoms with E-state index in [0.717, 1.165) is 11.3 Å². The number of anilines is 1. The summed E-state index contributed by atoms with van der Waals surface area (Å²) in [7, 11) is 0. The molecule has 0 spiro atoms. The second-order valence-corrected chi connectivity index (χ2v) is 7.18. The zero-order chi connectivity index (χ0) is 20.1. The Morgan fingerprint density at radius 3 is 2.50 bits per heavy atom. The zero-order valence-corrected chi connectivity index (χ0v) is 17.1. The van der Waals surface area contributed by atoms with Crippen LogP contribution >= 0.6 is 34.8 Å². The molecule has 0 radical (unpaired) electrons. The van der Waals surface area contributed by atoms with E-state index in [0.29, 0.717) is 32.2 Å². The molecular weight excluding hydrogens is 421 g/mol. The molecule has 1 aromatic heterocycles. The van der Waals surface area contributed by atoms with E-state index in [1.807, 2.05) is 31.2 Å². The van der Waals surface area contributed by atoms with E-state index in [2.05, 4.69) is 15.8 Å². The van der Waals surface area contributed by atoms with Crippen LogP contribution in [-0.2, 0) is 4.79 Å². The summed E-state index contributed by atoms with van der Waals surface area (Å²) in [5, 5.41) is 8.07. The highest BCUT2D eigenvalue weighted by atomic mass is 35.5. The third-order valence-electron chi connectivity index (χ3n) is 3.79. The fourth-order valence-electron chi connectivity index (χ4n) is 2.34. The van der Waals surface area contributed by atoms with Gasteiger partial charge in [-0.15, -0.1) is 0 Å². The maximum atomic E-state index is 11.9. The molecule has 1 amide bonds. The second-order valence-electron chi connectivity index (χ2n) is 5.96. The first kappa shape index (κ1) is 20.3. The van der Waals surface area contributed by atoms with E-state index in [1.165, 1.54) is 6.21 Å². The van der Waals surface area contributed by atoms with Crippen molar-refractivity contribution < 1.29 is 9.21 Å². The molecular formula is C20H16Cl3N3O2. The lowest BCUT2D eigenvalue weighted by molar-refractivity contribution is -0.119. The Bertz CT molecular complexity index is 1010. The van der Waals surface area contributed by atoms with Crippen molar-refractivity contribution in [3.8, 4) is 11.3 Å². The van der Waals surface area contributed by atoms with Crippen molar-refractivity contribution in [2.45, 2.75) is 6.92 Å². The first-order valence-electron chi connectivity index (χ1n) is 8.29. The van der Waals surface area contributed by atoms with Gasteiger partial charge in [-0.05, 0) is 43.3 Å². The van der Waals surface area contributed by atoms with E-state index in [4.69, 9.17) is 39.2 Å². The Morgan fingerprint density at radius 2 is 1.75 bits per heavy atom. The Hall–Kier alpha value is -2.47. The fraction of sp³-hybridized carbons (Fsp3) is 0.100. The quantitative estimate of drug-likeness (QED) is 0.292. The number of aryl methyl sites for hydroxylation is 1. The van der Waals surface area contributed by atoms with Crippen LogP contribution in [0.1, 0.15) is 11.3 Å². The lowest BCUT2D eigenvalue weighted by atomic mass is 10.2. The number of rotatable bonds is 6. The number of carbonyl (C=O) groups is 1. The third-order valence-corrected chi connectivity index (χ3v) is 4.82. The van der Waals surface area contributed by atoms with Crippen LogP contribution in [0.15, 0.2) is 58.0 Å². The lowest BCUT2D eigenvalue weighted by Crippen LogP contribution is -2.25. The molecule has 0 aliphatic carbocycles. The van der Waals surface area contributed by atoms with Crippen LogP contribution < -0.4 is 10.7 Å². The normalized spacial score (nSPS) is 11.0. The van der Waals surface area contributed by atoms with Crippen molar-refractivity contribution in [3.63, 3.8) is 0 Å². The van der Waals surface area contributed by atoms with Gasteiger partial charge in [0.2, 0.25) is 0 Å². The molecule has 1 heterocycles. The molecule has 0 aliphatic rings. The highest BCUT2D eigenvalue weighted by Crippen LogP contribution is 2.35. The molecule has 8 heteroatoms. The summed E-state index contributed by atoms with van der Waals surface area (Å²) in [5.41, 5.74) is 5.06. The summed E-state index contributed by atoms with van der Waals surface area (Å²) in [5.74, 6) is 0.678. The summed E-state index contributed by atoms with van der Waals surface area (Å²) in [6, 6.07) is 14.4. The van der Waals surface area contributed by atoms with Crippen molar-refractivity contribution in [2.75, 3.05) is 11.9 Å². The molecule has 0 bridgehead atoms. The highest BCUT2D eigenvalue weighted by molar-refractivity contribution is 6.44. The molecule has 2 N–H and O–H groups in total. The summed E-state index contributed by atoms with van der Waals surface area (Å²) < 4.78 is 5.67. The van der Waals surface area contributed by atoms with Crippen LogP contribution in [0.5, 0.6) is 0 Å². The molecule has 0 saturated heterocycles. The van der Waals surface area contributed by atoms with Crippen LogP contribution in [0.25, 0.3) is 11.3 Å². The molecule has 144 valence electrons. The Kier molecular flexibility index (Phi) is 6.62. The van der Waals surface area contributed by atoms with Gasteiger partial charge >= 0.3 is 0 Å². The summed E-state index contributed by atoms with van der Waals surface area (Å²) in [6.07, 6.45) is 1.40. The Morgan fingerprint density at radius 1 is 1.04 bits per heavy atom. The second kappa shape index (κ2) is 9.15. The number of nitrogens with one attached hydrogen (secondary N) is 2. The van der Waals surface area contributed by atoms with E-state index in [-0.39, 0.29) is 12.5 Å². The average molecular weight is 437 g/mol. The van der Waals surface area contributed by atoms with Crippen LogP contribution in [0, 0.1) is 6.92 Å². The number of furan rings is 1. The first-order chi connectivity index (χ1) is 13.4. The minimum absolute atomic E-state index is 0.0999. The largest absolute Gasteiger partial charge is 0.455 e. The molecule has 0 unspecified atom stereocenters. The molecule has 3 aromatic rings. The third kappa shape index (κ3) is 5.29. The van der Waals surface area contributed by atoms with Gasteiger partial charge in [-0.1, -0.05) is 52.5 Å². The molecule has 0 fully saturated rings. The van der Waals surface area contributed by atoms with Gasteiger partial charge in [0.1, 0.15) is 11.5 Å². The van der Waals surface area contributed by atoms with Crippen LogP contribution in [0.4, 0.5) is 5.69 Å². The van der Waals surface area contributed by atoms with E-state index in [1.54, 1.807) is 24.3 Å². The molecule has 28 heavy (non-hydrogen) atoms. The molecule has 3 rings (SSSR count). The molecule has 2 aromatic carbocycles. The number of hydrazone groups is 1. The van der Waals surface area contributed by atoms with E-state index >= 15 is 0 Å². The van der Waals surface area contributed by atoms with E-state index < -0.39 is 0 Å². The van der Waals surface area contributed by atoms with Crippen LogP contribution in [0.2, 0.25) is 15.1 Å². The number of benzene rings is 2. The summed E-state index contributed by atoms with van der Waals surface area (Å²) in [4.78, 5) is 11.9. The maximum Gasteiger partial charge on any atom is 0.259 e. The van der Waals surface area contributed by atoms with Crippen molar-refractivity contribution in [2.24, 2.45) is 5.10 Å². The van der Waals surface area contributed by atoms with Crippen LogP contribution in [-0.4, -0.2) is 18.7 Å². The zero-order valence-electron chi connectivity index (χ0n) is 14.8. The number of amides is 1. The Labute approximate surface area is 177 Å². The molecule has 0 aliphatic heterocycles. The number of nitrogens with zero attached hydrogens (tertiary/aromatic N) is 1.